The van der Waals surface area contributed by atoms with E-state index in [0.717, 1.165) is 13.0 Å². The van der Waals surface area contributed by atoms with Crippen molar-refractivity contribution in [3.63, 3.8) is 0 Å². The molecule has 0 radical (unpaired) electrons. The summed E-state index contributed by atoms with van der Waals surface area (Å²) in [6.45, 7) is 1.04. The minimum atomic E-state index is -4.74. The zero-order valence-corrected chi connectivity index (χ0v) is 8.12. The summed E-state index contributed by atoms with van der Waals surface area (Å²) < 4.78 is 37.0. The van der Waals surface area contributed by atoms with Crippen LogP contribution in [-0.4, -0.2) is 27.9 Å². The predicted molar refractivity (Wildman–Crippen MR) is 49.1 cm³/mol. The molecule has 0 atom stereocenters. The van der Waals surface area contributed by atoms with Crippen LogP contribution in [0.3, 0.4) is 0 Å². The molecule has 1 aromatic heterocycles. The number of ketones is 1. The second-order valence-electron chi connectivity index (χ2n) is 3.10. The van der Waals surface area contributed by atoms with E-state index in [1.807, 2.05) is 0 Å². The summed E-state index contributed by atoms with van der Waals surface area (Å²) >= 11 is 0. The smallest absolute Gasteiger partial charge is 0.423 e. The fraction of sp³-hybridized carbons (Fsp3) is 0.250. The molecule has 0 aliphatic rings. The maximum atomic E-state index is 12.3. The molecule has 16 heavy (non-hydrogen) atoms. The van der Waals surface area contributed by atoms with Crippen molar-refractivity contribution in [1.82, 2.24) is 4.98 Å². The van der Waals surface area contributed by atoms with Gasteiger partial charge in [0.15, 0.2) is 5.78 Å². The summed E-state index contributed by atoms with van der Waals surface area (Å²) in [5.41, 5.74) is -2.21. The number of hydrogen-bond donors (Lipinski definition) is 2. The number of alkyl halides is 3. The van der Waals surface area contributed by atoms with Gasteiger partial charge in [-0.1, -0.05) is 0 Å². The van der Waals surface area contributed by atoms with Gasteiger partial charge in [0.25, 0.3) is 0 Å². The van der Waals surface area contributed by atoms with Crippen LogP contribution >= 0.6 is 0 Å². The summed E-state index contributed by atoms with van der Waals surface area (Å²) in [5, 5.41) is 17.5. The van der Waals surface area contributed by atoms with E-state index in [2.05, 4.69) is 4.98 Å². The van der Waals surface area contributed by atoms with Crippen LogP contribution in [0, 0.1) is 0 Å². The molecule has 8 heteroatoms. The molecule has 1 aromatic rings. The number of hydrogen-bond acceptors (Lipinski definition) is 4. The Kier molecular flexibility index (Phi) is 3.34. The first-order valence-electron chi connectivity index (χ1n) is 4.18. The van der Waals surface area contributed by atoms with Crippen LogP contribution in [0.15, 0.2) is 12.1 Å². The third-order valence-electron chi connectivity index (χ3n) is 1.80. The molecule has 0 saturated heterocycles. The van der Waals surface area contributed by atoms with Gasteiger partial charge in [0.1, 0.15) is 11.4 Å². The highest BCUT2D eigenvalue weighted by atomic mass is 19.4. The van der Waals surface area contributed by atoms with Crippen molar-refractivity contribution in [2.24, 2.45) is 0 Å². The molecule has 0 spiro atoms. The maximum Gasteiger partial charge on any atom is 0.488 e. The molecular formula is C8H7BF3NO3. The Bertz CT molecular complexity index is 419. The summed E-state index contributed by atoms with van der Waals surface area (Å²) in [6, 6.07) is 1.39. The predicted octanol–water partition coefficient (Wildman–Crippen LogP) is -0.0172. The van der Waals surface area contributed by atoms with E-state index in [1.54, 1.807) is 0 Å². The second kappa shape index (κ2) is 4.22. The number of nitrogens with zero attached hydrogens (tertiary/aromatic N) is 1. The second-order valence-corrected chi connectivity index (χ2v) is 3.10. The molecule has 0 aliphatic carbocycles. The van der Waals surface area contributed by atoms with E-state index in [9.17, 15) is 18.0 Å². The zero-order chi connectivity index (χ0) is 12.5. The van der Waals surface area contributed by atoms with Crippen LogP contribution < -0.4 is 5.46 Å². The number of halogens is 3. The monoisotopic (exact) mass is 233 g/mol. The highest BCUT2D eigenvalue weighted by Crippen LogP contribution is 2.27. The summed E-state index contributed by atoms with van der Waals surface area (Å²) in [7, 11) is -2.08. The van der Waals surface area contributed by atoms with Gasteiger partial charge in [0.2, 0.25) is 0 Å². The average molecular weight is 233 g/mol. The van der Waals surface area contributed by atoms with E-state index < -0.39 is 35.9 Å². The summed E-state index contributed by atoms with van der Waals surface area (Å²) in [6.07, 6.45) is -4.74. The first-order chi connectivity index (χ1) is 7.21. The molecule has 0 unspecified atom stereocenters. The maximum absolute atomic E-state index is 12.3. The van der Waals surface area contributed by atoms with Gasteiger partial charge >= 0.3 is 13.3 Å². The van der Waals surface area contributed by atoms with Gasteiger partial charge in [0, 0.05) is 6.92 Å². The van der Waals surface area contributed by atoms with Crippen LogP contribution in [0.2, 0.25) is 0 Å². The van der Waals surface area contributed by atoms with Gasteiger partial charge in [-0.05, 0) is 17.6 Å². The van der Waals surface area contributed by atoms with Crippen molar-refractivity contribution in [3.8, 4) is 0 Å². The lowest BCUT2D eigenvalue weighted by Crippen LogP contribution is -2.32. The molecule has 2 N–H and O–H groups in total. The normalized spacial score (nSPS) is 11.4. The van der Waals surface area contributed by atoms with Crippen LogP contribution in [0.1, 0.15) is 23.1 Å². The van der Waals surface area contributed by atoms with Crippen molar-refractivity contribution < 1.29 is 28.0 Å². The van der Waals surface area contributed by atoms with Gasteiger partial charge in [-0.25, -0.2) is 4.98 Å². The standard InChI is InChI=1S/C8H7BF3NO3/c1-4(14)6-2-5(9(15)16)3-7(13-6)8(10,11)12/h2-3,15-16H,1H3. The fourth-order valence-corrected chi connectivity index (χ4v) is 1.03. The Morgan fingerprint density at radius 1 is 1.38 bits per heavy atom. The highest BCUT2D eigenvalue weighted by Gasteiger charge is 2.34. The molecule has 0 fully saturated rings. The van der Waals surface area contributed by atoms with E-state index in [-0.39, 0.29) is 0 Å². The van der Waals surface area contributed by atoms with Crippen LogP contribution in [0.25, 0.3) is 0 Å². The molecule has 1 heterocycles. The molecule has 86 valence electrons. The number of rotatable bonds is 2. The number of pyridine rings is 1. The number of Topliss-reactive ketones (excluding diaryl/α,β-unsaturated/α-hetero) is 1. The van der Waals surface area contributed by atoms with Gasteiger partial charge in [0.05, 0.1) is 0 Å². The van der Waals surface area contributed by atoms with Crippen molar-refractivity contribution in [2.75, 3.05) is 0 Å². The Balaban J connectivity index is 3.36. The lowest BCUT2D eigenvalue weighted by atomic mass is 9.80. The minimum Gasteiger partial charge on any atom is -0.423 e. The Morgan fingerprint density at radius 2 is 1.94 bits per heavy atom. The number of carbonyl (C=O) groups is 1. The first-order valence-corrected chi connectivity index (χ1v) is 4.18. The Hall–Kier alpha value is -1.41. The largest absolute Gasteiger partial charge is 0.488 e. The van der Waals surface area contributed by atoms with Gasteiger partial charge < -0.3 is 10.0 Å². The Labute approximate surface area is 88.9 Å². The highest BCUT2D eigenvalue weighted by molar-refractivity contribution is 6.58. The summed E-state index contributed by atoms with van der Waals surface area (Å²) in [4.78, 5) is 14.0. The van der Waals surface area contributed by atoms with Crippen molar-refractivity contribution in [3.05, 3.63) is 23.5 Å². The number of aromatic nitrogens is 1. The molecule has 0 bridgehead atoms. The van der Waals surface area contributed by atoms with Crippen molar-refractivity contribution in [2.45, 2.75) is 13.1 Å². The quantitative estimate of drug-likeness (QED) is 0.556. The molecule has 4 nitrogen and oxygen atoms in total. The fourth-order valence-electron chi connectivity index (χ4n) is 1.03. The molecular weight excluding hydrogens is 226 g/mol. The molecule has 0 aliphatic heterocycles. The Morgan fingerprint density at radius 3 is 2.31 bits per heavy atom. The van der Waals surface area contributed by atoms with E-state index in [4.69, 9.17) is 10.0 Å². The average Bonchev–Trinajstić information content (AvgIpc) is 2.15. The van der Waals surface area contributed by atoms with E-state index in [0.29, 0.717) is 6.07 Å². The number of carbonyl (C=O) groups excluding carboxylic acids is 1. The molecule has 0 amide bonds. The molecule has 0 aromatic carbocycles. The van der Waals surface area contributed by atoms with Gasteiger partial charge in [-0.3, -0.25) is 4.79 Å². The minimum absolute atomic E-state index is 0.424. The van der Waals surface area contributed by atoms with Crippen LogP contribution in [-0.2, 0) is 6.18 Å². The topological polar surface area (TPSA) is 70.4 Å². The zero-order valence-electron chi connectivity index (χ0n) is 8.12. The van der Waals surface area contributed by atoms with Crippen molar-refractivity contribution in [1.29, 1.82) is 0 Å². The SMILES string of the molecule is CC(=O)c1cc(B(O)O)cc(C(F)(F)F)n1. The summed E-state index contributed by atoms with van der Waals surface area (Å²) in [5.74, 6) is -0.687. The molecule has 0 saturated carbocycles. The molecule has 1 rings (SSSR count). The third-order valence-corrected chi connectivity index (χ3v) is 1.80. The van der Waals surface area contributed by atoms with Gasteiger partial charge in [-0.15, -0.1) is 0 Å². The lowest BCUT2D eigenvalue weighted by Gasteiger charge is -2.09. The van der Waals surface area contributed by atoms with E-state index >= 15 is 0 Å². The lowest BCUT2D eigenvalue weighted by molar-refractivity contribution is -0.141. The van der Waals surface area contributed by atoms with E-state index in [1.165, 1.54) is 0 Å². The van der Waals surface area contributed by atoms with Crippen LogP contribution in [0.5, 0.6) is 0 Å². The van der Waals surface area contributed by atoms with Crippen molar-refractivity contribution >= 4 is 18.4 Å². The van der Waals surface area contributed by atoms with Crippen LogP contribution in [0.4, 0.5) is 13.2 Å². The third kappa shape index (κ3) is 2.80. The first kappa shape index (κ1) is 12.7. The van der Waals surface area contributed by atoms with Gasteiger partial charge in [-0.2, -0.15) is 13.2 Å².